The first-order valence-electron chi connectivity index (χ1n) is 5.83. The van der Waals surface area contributed by atoms with Gasteiger partial charge in [0.2, 0.25) is 5.91 Å². The summed E-state index contributed by atoms with van der Waals surface area (Å²) in [5.41, 5.74) is 6.54. The van der Waals surface area contributed by atoms with Crippen LogP contribution in [0.25, 0.3) is 0 Å². The number of nitrogens with one attached hydrogen (secondary N) is 1. The molecule has 1 rings (SSSR count). The SMILES string of the molecule is Cc1ccccc1OCCCNC(=O)C(C)N. The lowest BCUT2D eigenvalue weighted by molar-refractivity contribution is -0.121. The molecule has 0 saturated carbocycles. The number of nitrogens with two attached hydrogens (primary N) is 1. The minimum atomic E-state index is -0.452. The smallest absolute Gasteiger partial charge is 0.236 e. The van der Waals surface area contributed by atoms with Gasteiger partial charge in [-0.1, -0.05) is 18.2 Å². The van der Waals surface area contributed by atoms with E-state index in [9.17, 15) is 4.79 Å². The van der Waals surface area contributed by atoms with Crippen molar-refractivity contribution in [3.63, 3.8) is 0 Å². The fraction of sp³-hybridized carbons (Fsp3) is 0.462. The van der Waals surface area contributed by atoms with Gasteiger partial charge < -0.3 is 15.8 Å². The third kappa shape index (κ3) is 4.87. The van der Waals surface area contributed by atoms with E-state index in [1.165, 1.54) is 0 Å². The maximum atomic E-state index is 11.2. The Balaban J connectivity index is 2.17. The molecule has 3 N–H and O–H groups in total. The third-order valence-corrected chi connectivity index (χ3v) is 2.39. The van der Waals surface area contributed by atoms with Crippen LogP contribution in [0.15, 0.2) is 24.3 Å². The highest BCUT2D eigenvalue weighted by Crippen LogP contribution is 2.15. The van der Waals surface area contributed by atoms with E-state index >= 15 is 0 Å². The van der Waals surface area contributed by atoms with Crippen molar-refractivity contribution >= 4 is 5.91 Å². The molecular weight excluding hydrogens is 216 g/mol. The van der Waals surface area contributed by atoms with Gasteiger partial charge >= 0.3 is 0 Å². The van der Waals surface area contributed by atoms with Crippen LogP contribution in [0.5, 0.6) is 5.75 Å². The summed E-state index contributed by atoms with van der Waals surface area (Å²) in [6.07, 6.45) is 0.771. The second-order valence-electron chi connectivity index (χ2n) is 4.05. The Hall–Kier alpha value is -1.55. The maximum absolute atomic E-state index is 11.2. The summed E-state index contributed by atoms with van der Waals surface area (Å²) >= 11 is 0. The summed E-state index contributed by atoms with van der Waals surface area (Å²) in [5, 5.41) is 2.74. The van der Waals surface area contributed by atoms with E-state index in [0.717, 1.165) is 17.7 Å². The lowest BCUT2D eigenvalue weighted by atomic mass is 10.2. The first-order valence-corrected chi connectivity index (χ1v) is 5.83. The van der Waals surface area contributed by atoms with Crippen molar-refractivity contribution in [1.82, 2.24) is 5.32 Å². The summed E-state index contributed by atoms with van der Waals surface area (Å²) in [4.78, 5) is 11.2. The number of amides is 1. The van der Waals surface area contributed by atoms with E-state index in [2.05, 4.69) is 5.32 Å². The molecule has 0 bridgehead atoms. The predicted molar refractivity (Wildman–Crippen MR) is 68.0 cm³/mol. The highest BCUT2D eigenvalue weighted by Gasteiger charge is 2.05. The van der Waals surface area contributed by atoms with Gasteiger partial charge in [0.25, 0.3) is 0 Å². The van der Waals surface area contributed by atoms with Crippen molar-refractivity contribution in [2.45, 2.75) is 26.3 Å². The van der Waals surface area contributed by atoms with Gasteiger partial charge in [-0.25, -0.2) is 0 Å². The van der Waals surface area contributed by atoms with Crippen molar-refractivity contribution < 1.29 is 9.53 Å². The maximum Gasteiger partial charge on any atom is 0.236 e. The van der Waals surface area contributed by atoms with Gasteiger partial charge in [-0.3, -0.25) is 4.79 Å². The summed E-state index contributed by atoms with van der Waals surface area (Å²) in [6, 6.07) is 7.42. The van der Waals surface area contributed by atoms with Crippen LogP contribution in [-0.2, 0) is 4.79 Å². The second-order valence-corrected chi connectivity index (χ2v) is 4.05. The summed E-state index contributed by atoms with van der Waals surface area (Å²) < 4.78 is 5.60. The fourth-order valence-electron chi connectivity index (χ4n) is 1.35. The standard InChI is InChI=1S/C13H20N2O2/c1-10-6-3-4-7-12(10)17-9-5-8-15-13(16)11(2)14/h3-4,6-7,11H,5,8-9,14H2,1-2H3,(H,15,16). The molecule has 94 valence electrons. The van der Waals surface area contributed by atoms with Gasteiger partial charge in [0.1, 0.15) is 5.75 Å². The van der Waals surface area contributed by atoms with Crippen LogP contribution in [0.4, 0.5) is 0 Å². The van der Waals surface area contributed by atoms with Gasteiger partial charge in [0, 0.05) is 6.54 Å². The molecule has 0 radical (unpaired) electrons. The largest absolute Gasteiger partial charge is 0.493 e. The van der Waals surface area contributed by atoms with Crippen LogP contribution in [0.3, 0.4) is 0 Å². The zero-order valence-corrected chi connectivity index (χ0v) is 10.4. The second kappa shape index (κ2) is 6.91. The monoisotopic (exact) mass is 236 g/mol. The van der Waals surface area contributed by atoms with Crippen molar-refractivity contribution in [3.05, 3.63) is 29.8 Å². The number of hydrogen-bond acceptors (Lipinski definition) is 3. The van der Waals surface area contributed by atoms with Crippen LogP contribution < -0.4 is 15.8 Å². The van der Waals surface area contributed by atoms with Crippen LogP contribution in [0.2, 0.25) is 0 Å². The molecule has 0 aliphatic rings. The Morgan fingerprint density at radius 2 is 2.18 bits per heavy atom. The Labute approximate surface area is 102 Å². The molecule has 1 aromatic carbocycles. The highest BCUT2D eigenvalue weighted by molar-refractivity contribution is 5.80. The fourth-order valence-corrected chi connectivity index (χ4v) is 1.35. The van der Waals surface area contributed by atoms with Gasteiger partial charge in [-0.15, -0.1) is 0 Å². The van der Waals surface area contributed by atoms with E-state index in [-0.39, 0.29) is 5.91 Å². The summed E-state index contributed by atoms with van der Waals surface area (Å²) in [7, 11) is 0. The quantitative estimate of drug-likeness (QED) is 0.730. The van der Waals surface area contributed by atoms with Crippen molar-refractivity contribution in [2.24, 2.45) is 5.73 Å². The van der Waals surface area contributed by atoms with Gasteiger partial charge in [-0.05, 0) is 31.9 Å². The zero-order valence-electron chi connectivity index (χ0n) is 10.4. The zero-order chi connectivity index (χ0) is 12.7. The van der Waals surface area contributed by atoms with Crippen LogP contribution in [0.1, 0.15) is 18.9 Å². The van der Waals surface area contributed by atoms with Crippen molar-refractivity contribution in [1.29, 1.82) is 0 Å². The lowest BCUT2D eigenvalue weighted by Gasteiger charge is -2.10. The number of ether oxygens (including phenoxy) is 1. The molecule has 4 nitrogen and oxygen atoms in total. The van der Waals surface area contributed by atoms with Crippen LogP contribution in [-0.4, -0.2) is 25.1 Å². The van der Waals surface area contributed by atoms with E-state index in [1.807, 2.05) is 31.2 Å². The Morgan fingerprint density at radius 3 is 2.82 bits per heavy atom. The van der Waals surface area contributed by atoms with Gasteiger partial charge in [-0.2, -0.15) is 0 Å². The number of hydrogen-bond donors (Lipinski definition) is 2. The topological polar surface area (TPSA) is 64.3 Å². The van der Waals surface area contributed by atoms with Gasteiger partial charge in [0.05, 0.1) is 12.6 Å². The minimum Gasteiger partial charge on any atom is -0.493 e. The number of rotatable bonds is 6. The molecule has 1 aromatic rings. The molecule has 0 spiro atoms. The molecule has 0 aliphatic heterocycles. The Bertz CT molecular complexity index is 364. The third-order valence-electron chi connectivity index (χ3n) is 2.39. The van der Waals surface area contributed by atoms with Crippen molar-refractivity contribution in [3.8, 4) is 5.75 Å². The summed E-state index contributed by atoms with van der Waals surface area (Å²) in [5.74, 6) is 0.770. The first-order chi connectivity index (χ1) is 8.11. The molecule has 0 fully saturated rings. The average molecular weight is 236 g/mol. The normalized spacial score (nSPS) is 11.9. The Kier molecular flexibility index (Phi) is 5.49. The Morgan fingerprint density at radius 1 is 1.47 bits per heavy atom. The molecular formula is C13H20N2O2. The van der Waals surface area contributed by atoms with Crippen LogP contribution in [0, 0.1) is 6.92 Å². The van der Waals surface area contributed by atoms with Gasteiger partial charge in [0.15, 0.2) is 0 Å². The molecule has 0 aliphatic carbocycles. The molecule has 1 atom stereocenters. The first kappa shape index (κ1) is 13.5. The molecule has 4 heteroatoms. The van der Waals surface area contributed by atoms with E-state index in [1.54, 1.807) is 6.92 Å². The summed E-state index contributed by atoms with van der Waals surface area (Å²) in [6.45, 7) is 4.85. The molecule has 1 amide bonds. The molecule has 1 unspecified atom stereocenters. The highest BCUT2D eigenvalue weighted by atomic mass is 16.5. The van der Waals surface area contributed by atoms with E-state index in [0.29, 0.717) is 13.2 Å². The van der Waals surface area contributed by atoms with E-state index in [4.69, 9.17) is 10.5 Å². The number of carbonyl (C=O) groups is 1. The predicted octanol–water partition coefficient (Wildman–Crippen LogP) is 1.23. The van der Waals surface area contributed by atoms with E-state index < -0.39 is 6.04 Å². The molecule has 0 heterocycles. The number of benzene rings is 1. The molecule has 0 saturated heterocycles. The van der Waals surface area contributed by atoms with Crippen molar-refractivity contribution in [2.75, 3.05) is 13.2 Å². The number of para-hydroxylation sites is 1. The minimum absolute atomic E-state index is 0.124. The lowest BCUT2D eigenvalue weighted by Crippen LogP contribution is -2.38. The van der Waals surface area contributed by atoms with Crippen LogP contribution >= 0.6 is 0 Å². The number of carbonyl (C=O) groups excluding carboxylic acids is 1. The number of aryl methyl sites for hydroxylation is 1. The average Bonchev–Trinajstić information content (AvgIpc) is 2.30. The molecule has 0 aromatic heterocycles. The molecule has 17 heavy (non-hydrogen) atoms.